The maximum Gasteiger partial charge on any atom is 0.325 e. The predicted molar refractivity (Wildman–Crippen MR) is 84.4 cm³/mol. The lowest BCUT2D eigenvalue weighted by Crippen LogP contribution is -2.47. The zero-order chi connectivity index (χ0) is 16.8. The molecule has 0 atom stereocenters. The van der Waals surface area contributed by atoms with E-state index in [1.807, 2.05) is 13.8 Å². The second-order valence-electron chi connectivity index (χ2n) is 5.49. The number of urea groups is 1. The summed E-state index contributed by atoms with van der Waals surface area (Å²) >= 11 is 0. The third-order valence-electron chi connectivity index (χ3n) is 4.40. The molecule has 0 unspecified atom stereocenters. The molecule has 0 aromatic carbocycles. The second kappa shape index (κ2) is 8.12. The Morgan fingerprint density at radius 3 is 2.23 bits per heavy atom. The van der Waals surface area contributed by atoms with Crippen molar-refractivity contribution in [3.63, 3.8) is 0 Å². The number of carbonyl (C=O) groups is 3. The average Bonchev–Trinajstić information content (AvgIpc) is 2.76. The SMILES string of the molecule is CCN(CC)CCNC(=O)CN1C(=O)NC(CC)(CC)C1=O. The van der Waals surface area contributed by atoms with Crippen molar-refractivity contribution >= 4 is 17.8 Å². The Hall–Kier alpha value is -1.63. The molecule has 126 valence electrons. The van der Waals surface area contributed by atoms with Gasteiger partial charge in [-0.25, -0.2) is 4.79 Å². The summed E-state index contributed by atoms with van der Waals surface area (Å²) in [7, 11) is 0. The first kappa shape index (κ1) is 18.4. The molecule has 0 aliphatic carbocycles. The summed E-state index contributed by atoms with van der Waals surface area (Å²) in [5.41, 5.74) is -0.849. The Bertz CT molecular complexity index is 417. The summed E-state index contributed by atoms with van der Waals surface area (Å²) in [4.78, 5) is 39.4. The Morgan fingerprint density at radius 2 is 1.77 bits per heavy atom. The first-order valence-electron chi connectivity index (χ1n) is 8.07. The summed E-state index contributed by atoms with van der Waals surface area (Å²) in [5, 5.41) is 5.47. The van der Waals surface area contributed by atoms with Gasteiger partial charge in [0, 0.05) is 13.1 Å². The van der Waals surface area contributed by atoms with Crippen LogP contribution in [-0.4, -0.2) is 65.9 Å². The molecule has 0 radical (unpaired) electrons. The van der Waals surface area contributed by atoms with E-state index in [9.17, 15) is 14.4 Å². The van der Waals surface area contributed by atoms with E-state index in [1.54, 1.807) is 0 Å². The van der Waals surface area contributed by atoms with Crippen LogP contribution in [0.1, 0.15) is 40.5 Å². The van der Waals surface area contributed by atoms with Crippen LogP contribution >= 0.6 is 0 Å². The smallest absolute Gasteiger partial charge is 0.325 e. The molecule has 1 aliphatic rings. The van der Waals surface area contributed by atoms with Gasteiger partial charge in [-0.05, 0) is 25.9 Å². The minimum absolute atomic E-state index is 0.218. The zero-order valence-electron chi connectivity index (χ0n) is 14.1. The van der Waals surface area contributed by atoms with Crippen LogP contribution in [0.2, 0.25) is 0 Å². The summed E-state index contributed by atoms with van der Waals surface area (Å²) < 4.78 is 0. The molecular weight excluding hydrogens is 284 g/mol. The lowest BCUT2D eigenvalue weighted by atomic mass is 9.93. The summed E-state index contributed by atoms with van der Waals surface area (Å²) in [6.45, 7) is 10.7. The van der Waals surface area contributed by atoms with Crippen molar-refractivity contribution < 1.29 is 14.4 Å². The van der Waals surface area contributed by atoms with Crippen molar-refractivity contribution in [1.82, 2.24) is 20.4 Å². The number of hydrogen-bond donors (Lipinski definition) is 2. The van der Waals surface area contributed by atoms with E-state index in [1.165, 1.54) is 0 Å². The van der Waals surface area contributed by atoms with Crippen molar-refractivity contribution in [2.45, 2.75) is 46.1 Å². The van der Waals surface area contributed by atoms with E-state index in [4.69, 9.17) is 0 Å². The monoisotopic (exact) mass is 312 g/mol. The van der Waals surface area contributed by atoms with Crippen LogP contribution in [0.3, 0.4) is 0 Å². The van der Waals surface area contributed by atoms with Gasteiger partial charge in [0.1, 0.15) is 12.1 Å². The van der Waals surface area contributed by atoms with E-state index < -0.39 is 11.6 Å². The third kappa shape index (κ3) is 3.97. The molecule has 0 aromatic rings. The number of imide groups is 1. The number of nitrogens with one attached hydrogen (secondary N) is 2. The number of likely N-dealkylation sites (N-methyl/N-ethyl adjacent to an activating group) is 1. The second-order valence-corrected chi connectivity index (χ2v) is 5.49. The van der Waals surface area contributed by atoms with E-state index in [-0.39, 0.29) is 18.4 Å². The first-order valence-corrected chi connectivity index (χ1v) is 8.07. The minimum Gasteiger partial charge on any atom is -0.353 e. The Kier molecular flexibility index (Phi) is 6.80. The maximum atomic E-state index is 12.4. The van der Waals surface area contributed by atoms with Crippen molar-refractivity contribution in [3.8, 4) is 0 Å². The fourth-order valence-corrected chi connectivity index (χ4v) is 2.64. The number of carbonyl (C=O) groups excluding carboxylic acids is 3. The molecule has 2 N–H and O–H groups in total. The predicted octanol–water partition coefficient (Wildman–Crippen LogP) is 0.555. The van der Waals surface area contributed by atoms with Gasteiger partial charge < -0.3 is 15.5 Å². The van der Waals surface area contributed by atoms with Crippen molar-refractivity contribution in [3.05, 3.63) is 0 Å². The van der Waals surface area contributed by atoms with Gasteiger partial charge in [0.15, 0.2) is 0 Å². The van der Waals surface area contributed by atoms with Gasteiger partial charge in [0.05, 0.1) is 0 Å². The molecule has 1 rings (SSSR count). The summed E-state index contributed by atoms with van der Waals surface area (Å²) in [6.07, 6.45) is 1.04. The number of amides is 4. The van der Waals surface area contributed by atoms with Gasteiger partial charge in [0.2, 0.25) is 5.91 Å². The fourth-order valence-electron chi connectivity index (χ4n) is 2.64. The van der Waals surface area contributed by atoms with Crippen LogP contribution in [0.25, 0.3) is 0 Å². The Balaban J connectivity index is 2.51. The van der Waals surface area contributed by atoms with E-state index >= 15 is 0 Å². The van der Waals surface area contributed by atoms with Crippen LogP contribution < -0.4 is 10.6 Å². The van der Waals surface area contributed by atoms with Crippen LogP contribution in [0, 0.1) is 0 Å². The fraction of sp³-hybridized carbons (Fsp3) is 0.800. The van der Waals surface area contributed by atoms with Gasteiger partial charge in [-0.1, -0.05) is 27.7 Å². The van der Waals surface area contributed by atoms with E-state index in [0.29, 0.717) is 19.4 Å². The molecule has 22 heavy (non-hydrogen) atoms. The molecule has 0 saturated carbocycles. The van der Waals surface area contributed by atoms with Crippen molar-refractivity contribution in [2.24, 2.45) is 0 Å². The van der Waals surface area contributed by atoms with Gasteiger partial charge in [-0.15, -0.1) is 0 Å². The van der Waals surface area contributed by atoms with E-state index in [0.717, 1.165) is 24.5 Å². The highest BCUT2D eigenvalue weighted by Gasteiger charge is 2.49. The Labute approximate surface area is 132 Å². The highest BCUT2D eigenvalue weighted by atomic mass is 16.2. The third-order valence-corrected chi connectivity index (χ3v) is 4.40. The average molecular weight is 312 g/mol. The van der Waals surface area contributed by atoms with Gasteiger partial charge in [-0.3, -0.25) is 14.5 Å². The lowest BCUT2D eigenvalue weighted by Gasteiger charge is -2.23. The zero-order valence-corrected chi connectivity index (χ0v) is 14.1. The topological polar surface area (TPSA) is 81.8 Å². The quantitative estimate of drug-likeness (QED) is 0.609. The minimum atomic E-state index is -0.849. The normalized spacial score (nSPS) is 17.0. The van der Waals surface area contributed by atoms with Crippen LogP contribution in [0.4, 0.5) is 4.79 Å². The molecule has 0 spiro atoms. The summed E-state index contributed by atoms with van der Waals surface area (Å²) in [6, 6.07) is -0.479. The van der Waals surface area contributed by atoms with Gasteiger partial charge in [0.25, 0.3) is 5.91 Å². The van der Waals surface area contributed by atoms with Gasteiger partial charge in [-0.2, -0.15) is 0 Å². The molecule has 1 aliphatic heterocycles. The number of hydrogen-bond acceptors (Lipinski definition) is 4. The highest BCUT2D eigenvalue weighted by Crippen LogP contribution is 2.24. The maximum absolute atomic E-state index is 12.4. The molecule has 1 heterocycles. The number of nitrogens with zero attached hydrogens (tertiary/aromatic N) is 2. The van der Waals surface area contributed by atoms with Crippen LogP contribution in [0.15, 0.2) is 0 Å². The van der Waals surface area contributed by atoms with E-state index in [2.05, 4.69) is 29.4 Å². The van der Waals surface area contributed by atoms with Crippen molar-refractivity contribution in [1.29, 1.82) is 0 Å². The molecule has 1 saturated heterocycles. The van der Waals surface area contributed by atoms with Crippen molar-refractivity contribution in [2.75, 3.05) is 32.7 Å². The highest BCUT2D eigenvalue weighted by molar-refractivity contribution is 6.08. The van der Waals surface area contributed by atoms with Gasteiger partial charge >= 0.3 is 6.03 Å². The first-order chi connectivity index (χ1) is 10.4. The molecule has 1 fully saturated rings. The molecule has 0 aromatic heterocycles. The molecular formula is C15H28N4O3. The Morgan fingerprint density at radius 1 is 1.18 bits per heavy atom. The molecule has 4 amide bonds. The summed E-state index contributed by atoms with van der Waals surface area (Å²) in [5.74, 6) is -0.611. The van der Waals surface area contributed by atoms with Crippen LogP contribution in [0.5, 0.6) is 0 Å². The standard InChI is InChI=1S/C15H28N4O3/c1-5-15(6-2)13(21)19(14(22)17-15)11-12(20)16-9-10-18(7-3)8-4/h5-11H2,1-4H3,(H,16,20)(H,17,22). The van der Waals surface area contributed by atoms with Crippen LogP contribution in [-0.2, 0) is 9.59 Å². The largest absolute Gasteiger partial charge is 0.353 e. The molecule has 7 nitrogen and oxygen atoms in total. The molecule has 0 bridgehead atoms. The molecule has 7 heteroatoms. The number of rotatable bonds is 9. The lowest BCUT2D eigenvalue weighted by molar-refractivity contribution is -0.135.